The molecule has 2 nitrogen and oxygen atoms in total. The van der Waals surface area contributed by atoms with Crippen molar-refractivity contribution in [2.75, 3.05) is 5.32 Å². The first kappa shape index (κ1) is 10.9. The number of hydrogen-bond acceptors (Lipinski definition) is 2. The maximum atomic E-state index is 4.08. The molecule has 0 fully saturated rings. The molecule has 2 rings (SSSR count). The largest absolute Gasteiger partial charge is 0.354 e. The van der Waals surface area contributed by atoms with Gasteiger partial charge in [0.25, 0.3) is 0 Å². The highest BCUT2D eigenvalue weighted by molar-refractivity contribution is 9.10. The van der Waals surface area contributed by atoms with Crippen molar-refractivity contribution < 1.29 is 0 Å². The van der Waals surface area contributed by atoms with Crippen molar-refractivity contribution in [3.05, 3.63) is 65.4 Å². The van der Waals surface area contributed by atoms with Crippen LogP contribution in [0.3, 0.4) is 0 Å². The van der Waals surface area contributed by atoms with E-state index in [0.717, 1.165) is 21.4 Å². The number of benzene rings is 1. The van der Waals surface area contributed by atoms with Gasteiger partial charge in [-0.05, 0) is 27.6 Å². The molecule has 0 aliphatic rings. The fourth-order valence-corrected chi connectivity index (χ4v) is 1.73. The second-order valence-electron chi connectivity index (χ2n) is 3.36. The summed E-state index contributed by atoms with van der Waals surface area (Å²) in [4.78, 5) is 4.08. The van der Waals surface area contributed by atoms with Crippen LogP contribution in [0, 0.1) is 0 Å². The molecule has 2 aromatic rings. The Morgan fingerprint density at radius 1 is 1.19 bits per heavy atom. The number of nitrogens with one attached hydrogen (secondary N) is 1. The number of pyridine rings is 1. The lowest BCUT2D eigenvalue weighted by molar-refractivity contribution is 1.30. The predicted octanol–water partition coefficient (Wildman–Crippen LogP) is 3.93. The number of hydrogen-bond donors (Lipinski definition) is 1. The van der Waals surface area contributed by atoms with E-state index in [1.54, 1.807) is 12.4 Å². The van der Waals surface area contributed by atoms with Gasteiger partial charge in [-0.15, -0.1) is 0 Å². The third-order valence-corrected chi connectivity index (χ3v) is 2.56. The minimum absolute atomic E-state index is 0.862. The Hall–Kier alpha value is -1.61. The summed E-state index contributed by atoms with van der Waals surface area (Å²) in [5.74, 6) is 0. The van der Waals surface area contributed by atoms with Gasteiger partial charge in [0, 0.05) is 16.4 Å². The molecule has 0 amide bonds. The van der Waals surface area contributed by atoms with Gasteiger partial charge in [-0.1, -0.05) is 36.9 Å². The molecular weight excluding hydrogens is 264 g/mol. The standard InChI is InChI=1S/C13H11BrN2/c1-10(11-5-3-2-4-6-11)16-13-7-12(14)8-15-9-13/h2-9,16H,1H2. The van der Waals surface area contributed by atoms with Crippen LogP contribution in [-0.4, -0.2) is 4.98 Å². The molecule has 1 aromatic carbocycles. The summed E-state index contributed by atoms with van der Waals surface area (Å²) in [5, 5.41) is 3.21. The van der Waals surface area contributed by atoms with Gasteiger partial charge in [0.1, 0.15) is 0 Å². The molecule has 0 aliphatic heterocycles. The van der Waals surface area contributed by atoms with Crippen LogP contribution >= 0.6 is 15.9 Å². The smallest absolute Gasteiger partial charge is 0.0582 e. The van der Waals surface area contributed by atoms with Crippen molar-refractivity contribution in [3.8, 4) is 0 Å². The Bertz CT molecular complexity index is 494. The molecule has 0 unspecified atom stereocenters. The maximum absolute atomic E-state index is 4.08. The van der Waals surface area contributed by atoms with E-state index < -0.39 is 0 Å². The van der Waals surface area contributed by atoms with Gasteiger partial charge >= 0.3 is 0 Å². The second kappa shape index (κ2) is 4.94. The molecule has 0 spiro atoms. The Balaban J connectivity index is 2.14. The molecule has 0 radical (unpaired) electrons. The molecule has 0 aliphatic carbocycles. The Morgan fingerprint density at radius 3 is 2.62 bits per heavy atom. The van der Waals surface area contributed by atoms with E-state index in [1.165, 1.54) is 0 Å². The first-order valence-corrected chi connectivity index (χ1v) is 5.67. The Labute approximate surface area is 103 Å². The molecule has 0 bridgehead atoms. The average Bonchev–Trinajstić information content (AvgIpc) is 2.30. The zero-order valence-corrected chi connectivity index (χ0v) is 10.2. The summed E-state index contributed by atoms with van der Waals surface area (Å²) in [6, 6.07) is 11.9. The van der Waals surface area contributed by atoms with E-state index in [-0.39, 0.29) is 0 Å². The van der Waals surface area contributed by atoms with Crippen LogP contribution in [0.5, 0.6) is 0 Å². The zero-order chi connectivity index (χ0) is 11.4. The minimum Gasteiger partial charge on any atom is -0.354 e. The molecular formula is C13H11BrN2. The molecule has 1 N–H and O–H groups in total. The normalized spacial score (nSPS) is 9.81. The number of halogens is 1. The number of rotatable bonds is 3. The van der Waals surface area contributed by atoms with Crippen LogP contribution in [0.4, 0.5) is 5.69 Å². The molecule has 80 valence electrons. The first-order chi connectivity index (χ1) is 7.75. The lowest BCUT2D eigenvalue weighted by Crippen LogP contribution is -1.97. The van der Waals surface area contributed by atoms with Gasteiger partial charge in [0.15, 0.2) is 0 Å². The van der Waals surface area contributed by atoms with Gasteiger partial charge in [-0.3, -0.25) is 4.98 Å². The van der Waals surface area contributed by atoms with Crippen molar-refractivity contribution in [1.29, 1.82) is 0 Å². The fourth-order valence-electron chi connectivity index (χ4n) is 1.37. The predicted molar refractivity (Wildman–Crippen MR) is 71.0 cm³/mol. The molecule has 0 saturated carbocycles. The highest BCUT2D eigenvalue weighted by atomic mass is 79.9. The zero-order valence-electron chi connectivity index (χ0n) is 8.65. The van der Waals surface area contributed by atoms with Gasteiger partial charge in [0.2, 0.25) is 0 Å². The summed E-state index contributed by atoms with van der Waals surface area (Å²) in [6.45, 7) is 4.00. The van der Waals surface area contributed by atoms with E-state index in [1.807, 2.05) is 36.4 Å². The molecule has 0 atom stereocenters. The van der Waals surface area contributed by atoms with E-state index in [9.17, 15) is 0 Å². The van der Waals surface area contributed by atoms with E-state index in [0.29, 0.717) is 0 Å². The summed E-state index contributed by atoms with van der Waals surface area (Å²) in [7, 11) is 0. The van der Waals surface area contributed by atoms with Crippen LogP contribution in [0.1, 0.15) is 5.56 Å². The Kier molecular flexibility index (Phi) is 3.37. The molecule has 1 heterocycles. The van der Waals surface area contributed by atoms with Crippen LogP contribution in [0.25, 0.3) is 5.70 Å². The second-order valence-corrected chi connectivity index (χ2v) is 4.28. The van der Waals surface area contributed by atoms with Gasteiger partial charge in [-0.2, -0.15) is 0 Å². The maximum Gasteiger partial charge on any atom is 0.0582 e. The molecule has 0 saturated heterocycles. The van der Waals surface area contributed by atoms with Crippen LogP contribution in [-0.2, 0) is 0 Å². The number of nitrogens with zero attached hydrogens (tertiary/aromatic N) is 1. The fraction of sp³-hybridized carbons (Fsp3) is 0. The van der Waals surface area contributed by atoms with Crippen LogP contribution in [0.15, 0.2) is 59.8 Å². The number of anilines is 1. The lowest BCUT2D eigenvalue weighted by atomic mass is 10.2. The van der Waals surface area contributed by atoms with Crippen molar-refractivity contribution >= 4 is 27.3 Å². The van der Waals surface area contributed by atoms with Crippen molar-refractivity contribution in [1.82, 2.24) is 4.98 Å². The van der Waals surface area contributed by atoms with Crippen LogP contribution < -0.4 is 5.32 Å². The topological polar surface area (TPSA) is 24.9 Å². The monoisotopic (exact) mass is 274 g/mol. The minimum atomic E-state index is 0.862. The summed E-state index contributed by atoms with van der Waals surface area (Å²) in [5.41, 5.74) is 2.85. The first-order valence-electron chi connectivity index (χ1n) is 4.87. The highest BCUT2D eigenvalue weighted by Crippen LogP contribution is 2.18. The molecule has 16 heavy (non-hydrogen) atoms. The van der Waals surface area contributed by atoms with Crippen molar-refractivity contribution in [2.45, 2.75) is 0 Å². The molecule has 1 aromatic heterocycles. The van der Waals surface area contributed by atoms with E-state index >= 15 is 0 Å². The van der Waals surface area contributed by atoms with Crippen LogP contribution in [0.2, 0.25) is 0 Å². The third-order valence-electron chi connectivity index (χ3n) is 2.12. The Morgan fingerprint density at radius 2 is 1.94 bits per heavy atom. The van der Waals surface area contributed by atoms with E-state index in [4.69, 9.17) is 0 Å². The van der Waals surface area contributed by atoms with Crippen molar-refractivity contribution in [3.63, 3.8) is 0 Å². The summed E-state index contributed by atoms with van der Waals surface area (Å²) >= 11 is 3.38. The van der Waals surface area contributed by atoms with Gasteiger partial charge in [0.05, 0.1) is 11.9 Å². The summed E-state index contributed by atoms with van der Waals surface area (Å²) in [6.07, 6.45) is 3.51. The van der Waals surface area contributed by atoms with Crippen molar-refractivity contribution in [2.24, 2.45) is 0 Å². The third kappa shape index (κ3) is 2.70. The SMILES string of the molecule is C=C(Nc1cncc(Br)c1)c1ccccc1. The van der Waals surface area contributed by atoms with Gasteiger partial charge < -0.3 is 5.32 Å². The lowest BCUT2D eigenvalue weighted by Gasteiger charge is -2.09. The quantitative estimate of drug-likeness (QED) is 0.918. The average molecular weight is 275 g/mol. The van der Waals surface area contributed by atoms with E-state index in [2.05, 4.69) is 32.8 Å². The summed E-state index contributed by atoms with van der Waals surface area (Å²) < 4.78 is 0.943. The number of aromatic nitrogens is 1. The van der Waals surface area contributed by atoms with Gasteiger partial charge in [-0.25, -0.2) is 0 Å². The molecule has 3 heteroatoms. The highest BCUT2D eigenvalue weighted by Gasteiger charge is 1.99.